The third-order valence-corrected chi connectivity index (χ3v) is 5.42. The Morgan fingerprint density at radius 3 is 2.61 bits per heavy atom. The molecule has 0 amide bonds. The molecule has 6 heteroatoms. The van der Waals surface area contributed by atoms with Crippen molar-refractivity contribution < 1.29 is 14.3 Å². The molecule has 0 bridgehead atoms. The molecule has 2 aromatic rings. The average molecular weight is 424 g/mol. The topological polar surface area (TPSA) is 63.2 Å². The fourth-order valence-corrected chi connectivity index (χ4v) is 3.72. The monoisotopic (exact) mass is 423 g/mol. The molecule has 31 heavy (non-hydrogen) atoms. The van der Waals surface area contributed by atoms with Gasteiger partial charge in [-0.1, -0.05) is 42.5 Å². The van der Waals surface area contributed by atoms with Gasteiger partial charge in [0.25, 0.3) is 0 Å². The van der Waals surface area contributed by atoms with Crippen molar-refractivity contribution in [2.75, 3.05) is 39.9 Å². The number of rotatable bonds is 9. The lowest BCUT2D eigenvalue weighted by molar-refractivity contribution is 0.0600. The fourth-order valence-electron chi connectivity index (χ4n) is 3.72. The quantitative estimate of drug-likeness (QED) is 0.380. The van der Waals surface area contributed by atoms with Crippen molar-refractivity contribution in [3.63, 3.8) is 0 Å². The van der Waals surface area contributed by atoms with Crippen LogP contribution in [0.1, 0.15) is 34.8 Å². The zero-order valence-electron chi connectivity index (χ0n) is 18.5. The normalized spacial score (nSPS) is 16.4. The van der Waals surface area contributed by atoms with E-state index in [0.29, 0.717) is 24.6 Å². The van der Waals surface area contributed by atoms with Crippen molar-refractivity contribution in [2.45, 2.75) is 26.4 Å². The lowest BCUT2D eigenvalue weighted by Crippen LogP contribution is -2.40. The highest BCUT2D eigenvalue weighted by Crippen LogP contribution is 2.17. The highest BCUT2D eigenvalue weighted by molar-refractivity contribution is 5.89. The second-order valence-corrected chi connectivity index (χ2v) is 7.78. The molecule has 0 saturated carbocycles. The maximum atomic E-state index is 11.5. The Labute approximate surface area is 185 Å². The Balaban J connectivity index is 1.46. The molecular weight excluding hydrogens is 390 g/mol. The van der Waals surface area contributed by atoms with Gasteiger partial charge in [0.05, 0.1) is 25.9 Å². The third kappa shape index (κ3) is 7.10. The van der Waals surface area contributed by atoms with Crippen molar-refractivity contribution in [1.82, 2.24) is 10.2 Å². The van der Waals surface area contributed by atoms with Crippen LogP contribution in [0.25, 0.3) is 0 Å². The number of esters is 1. The van der Waals surface area contributed by atoms with Gasteiger partial charge in [-0.05, 0) is 43.0 Å². The van der Waals surface area contributed by atoms with E-state index in [2.05, 4.69) is 29.3 Å². The molecule has 3 rings (SSSR count). The first kappa shape index (κ1) is 22.8. The number of aliphatic imine (C=N–C) groups is 1. The lowest BCUT2D eigenvalue weighted by Gasteiger charge is -2.21. The molecule has 1 unspecified atom stereocenters. The zero-order chi connectivity index (χ0) is 21.9. The molecule has 1 heterocycles. The maximum absolute atomic E-state index is 11.5. The van der Waals surface area contributed by atoms with E-state index in [4.69, 9.17) is 14.5 Å². The van der Waals surface area contributed by atoms with E-state index in [0.717, 1.165) is 50.6 Å². The molecule has 0 aliphatic carbocycles. The molecule has 1 N–H and O–H groups in total. The number of hydrogen-bond acceptors (Lipinski definition) is 4. The summed E-state index contributed by atoms with van der Waals surface area (Å²) in [6.45, 7) is 7.05. The standard InChI is InChI=1S/C25H33N3O3/c1-3-26-25(27-15-13-20-9-11-23(12-10-20)24(29)30-2)28-16-14-22(17-28)19-31-18-21-7-5-4-6-8-21/h4-12,22H,3,13-19H2,1-2H3,(H,26,27). The minimum atomic E-state index is -0.310. The summed E-state index contributed by atoms with van der Waals surface area (Å²) in [5, 5.41) is 3.42. The van der Waals surface area contributed by atoms with Crippen LogP contribution >= 0.6 is 0 Å². The van der Waals surface area contributed by atoms with Gasteiger partial charge >= 0.3 is 5.97 Å². The Bertz CT molecular complexity index is 837. The first-order valence-corrected chi connectivity index (χ1v) is 11.0. The summed E-state index contributed by atoms with van der Waals surface area (Å²) < 4.78 is 10.7. The van der Waals surface area contributed by atoms with Gasteiger partial charge < -0.3 is 19.7 Å². The minimum absolute atomic E-state index is 0.310. The number of hydrogen-bond donors (Lipinski definition) is 1. The zero-order valence-corrected chi connectivity index (χ0v) is 18.5. The molecule has 2 aromatic carbocycles. The predicted octanol–water partition coefficient (Wildman–Crippen LogP) is 3.52. The van der Waals surface area contributed by atoms with Gasteiger partial charge in [0, 0.05) is 32.1 Å². The van der Waals surface area contributed by atoms with Gasteiger partial charge in [0.1, 0.15) is 0 Å². The van der Waals surface area contributed by atoms with Crippen LogP contribution < -0.4 is 5.32 Å². The van der Waals surface area contributed by atoms with Gasteiger partial charge in [-0.2, -0.15) is 0 Å². The Kier molecular flexibility index (Phi) is 8.91. The highest BCUT2D eigenvalue weighted by Gasteiger charge is 2.25. The van der Waals surface area contributed by atoms with Gasteiger partial charge in [-0.3, -0.25) is 4.99 Å². The SMILES string of the molecule is CCNC(=NCCc1ccc(C(=O)OC)cc1)N1CCC(COCc2ccccc2)C1. The molecule has 1 fully saturated rings. The van der Waals surface area contributed by atoms with E-state index in [1.165, 1.54) is 12.7 Å². The number of nitrogens with zero attached hydrogens (tertiary/aromatic N) is 2. The second kappa shape index (κ2) is 12.1. The summed E-state index contributed by atoms with van der Waals surface area (Å²) >= 11 is 0. The van der Waals surface area contributed by atoms with Crippen LogP contribution in [0, 0.1) is 5.92 Å². The van der Waals surface area contributed by atoms with Crippen LogP contribution in [0.15, 0.2) is 59.6 Å². The first-order chi connectivity index (χ1) is 15.2. The van der Waals surface area contributed by atoms with Crippen molar-refractivity contribution in [2.24, 2.45) is 10.9 Å². The summed E-state index contributed by atoms with van der Waals surface area (Å²) in [7, 11) is 1.39. The molecule has 166 valence electrons. The lowest BCUT2D eigenvalue weighted by atomic mass is 10.1. The van der Waals surface area contributed by atoms with Crippen LogP contribution in [0.4, 0.5) is 0 Å². The smallest absolute Gasteiger partial charge is 0.337 e. The first-order valence-electron chi connectivity index (χ1n) is 11.0. The number of carbonyl (C=O) groups excluding carboxylic acids is 1. The van der Waals surface area contributed by atoms with Crippen LogP contribution in [0.3, 0.4) is 0 Å². The molecule has 0 aromatic heterocycles. The molecule has 1 aliphatic rings. The maximum Gasteiger partial charge on any atom is 0.337 e. The van der Waals surface area contributed by atoms with Gasteiger partial charge in [-0.25, -0.2) is 4.79 Å². The Morgan fingerprint density at radius 2 is 1.90 bits per heavy atom. The minimum Gasteiger partial charge on any atom is -0.465 e. The van der Waals surface area contributed by atoms with Crippen LogP contribution in [-0.4, -0.2) is 56.7 Å². The van der Waals surface area contributed by atoms with Crippen molar-refractivity contribution >= 4 is 11.9 Å². The molecule has 1 atom stereocenters. The second-order valence-electron chi connectivity index (χ2n) is 7.78. The molecule has 0 radical (unpaired) electrons. The summed E-state index contributed by atoms with van der Waals surface area (Å²) in [6.07, 6.45) is 1.95. The fraction of sp³-hybridized carbons (Fsp3) is 0.440. The number of nitrogens with one attached hydrogen (secondary N) is 1. The number of ether oxygens (including phenoxy) is 2. The predicted molar refractivity (Wildman–Crippen MR) is 123 cm³/mol. The summed E-state index contributed by atoms with van der Waals surface area (Å²) in [5.74, 6) is 1.19. The van der Waals surface area contributed by atoms with Crippen LogP contribution in [0.5, 0.6) is 0 Å². The van der Waals surface area contributed by atoms with E-state index in [9.17, 15) is 4.79 Å². The molecule has 0 spiro atoms. The molecular formula is C25H33N3O3. The van der Waals surface area contributed by atoms with Crippen LogP contribution in [-0.2, 0) is 22.5 Å². The van der Waals surface area contributed by atoms with E-state index >= 15 is 0 Å². The summed E-state index contributed by atoms with van der Waals surface area (Å²) in [5.41, 5.74) is 2.94. The molecule has 6 nitrogen and oxygen atoms in total. The third-order valence-electron chi connectivity index (χ3n) is 5.42. The van der Waals surface area contributed by atoms with Gasteiger partial charge in [0.15, 0.2) is 5.96 Å². The van der Waals surface area contributed by atoms with E-state index in [-0.39, 0.29) is 5.97 Å². The highest BCUT2D eigenvalue weighted by atomic mass is 16.5. The summed E-state index contributed by atoms with van der Waals surface area (Å²) in [4.78, 5) is 18.7. The van der Waals surface area contributed by atoms with Gasteiger partial charge in [-0.15, -0.1) is 0 Å². The number of methoxy groups -OCH3 is 1. The van der Waals surface area contributed by atoms with Gasteiger partial charge in [0.2, 0.25) is 0 Å². The number of carbonyl (C=O) groups is 1. The Morgan fingerprint density at radius 1 is 1.13 bits per heavy atom. The largest absolute Gasteiger partial charge is 0.465 e. The van der Waals surface area contributed by atoms with E-state index in [1.807, 2.05) is 30.3 Å². The number of benzene rings is 2. The summed E-state index contributed by atoms with van der Waals surface area (Å²) in [6, 6.07) is 17.8. The number of likely N-dealkylation sites (tertiary alicyclic amines) is 1. The Hall–Kier alpha value is -2.86. The van der Waals surface area contributed by atoms with Crippen molar-refractivity contribution in [3.05, 3.63) is 71.3 Å². The van der Waals surface area contributed by atoms with Crippen molar-refractivity contribution in [3.8, 4) is 0 Å². The van der Waals surface area contributed by atoms with Crippen LogP contribution in [0.2, 0.25) is 0 Å². The van der Waals surface area contributed by atoms with E-state index < -0.39 is 0 Å². The number of guanidine groups is 1. The van der Waals surface area contributed by atoms with E-state index in [1.54, 1.807) is 12.1 Å². The van der Waals surface area contributed by atoms with Crippen molar-refractivity contribution in [1.29, 1.82) is 0 Å². The average Bonchev–Trinajstić information content (AvgIpc) is 3.28. The molecule has 1 aliphatic heterocycles. The molecule has 1 saturated heterocycles.